The first-order chi connectivity index (χ1) is 10.2. The van der Waals surface area contributed by atoms with Crippen LogP contribution in [0.1, 0.15) is 5.56 Å². The summed E-state index contributed by atoms with van der Waals surface area (Å²) in [6, 6.07) is 11.9. The minimum absolute atomic E-state index is 0.707. The van der Waals surface area contributed by atoms with E-state index in [9.17, 15) is 0 Å². The average Bonchev–Trinajstić information content (AvgIpc) is 2.53. The Morgan fingerprint density at radius 3 is 2.67 bits per heavy atom. The molecule has 0 aliphatic heterocycles. The zero-order chi connectivity index (χ0) is 14.7. The van der Waals surface area contributed by atoms with E-state index in [-0.39, 0.29) is 0 Å². The second-order valence-corrected chi connectivity index (χ2v) is 5.53. The summed E-state index contributed by atoms with van der Waals surface area (Å²) in [7, 11) is 1.66. The Kier molecular flexibility index (Phi) is 4.01. The molecule has 0 bridgehead atoms. The quantitative estimate of drug-likeness (QED) is 0.777. The topological polar surface area (TPSA) is 47.0 Å². The SMILES string of the molecule is COc1ccc(CNc2cc3ncc(Br)cc3cn2)cc1. The van der Waals surface area contributed by atoms with E-state index in [1.54, 1.807) is 13.3 Å². The zero-order valence-corrected chi connectivity index (χ0v) is 13.1. The Morgan fingerprint density at radius 1 is 1.10 bits per heavy atom. The molecule has 5 heteroatoms. The highest BCUT2D eigenvalue weighted by molar-refractivity contribution is 9.10. The number of nitrogens with zero attached hydrogens (tertiary/aromatic N) is 2. The molecule has 2 heterocycles. The highest BCUT2D eigenvalue weighted by Crippen LogP contribution is 2.19. The van der Waals surface area contributed by atoms with Gasteiger partial charge in [0, 0.05) is 34.9 Å². The summed E-state index contributed by atoms with van der Waals surface area (Å²) >= 11 is 3.41. The van der Waals surface area contributed by atoms with Gasteiger partial charge in [-0.25, -0.2) is 4.98 Å². The number of rotatable bonds is 4. The van der Waals surface area contributed by atoms with Crippen LogP contribution in [0.3, 0.4) is 0 Å². The van der Waals surface area contributed by atoms with Crippen LogP contribution in [0.2, 0.25) is 0 Å². The molecule has 2 aromatic heterocycles. The van der Waals surface area contributed by atoms with E-state index in [1.165, 1.54) is 5.56 Å². The maximum absolute atomic E-state index is 5.14. The van der Waals surface area contributed by atoms with Crippen LogP contribution in [-0.4, -0.2) is 17.1 Å². The highest BCUT2D eigenvalue weighted by Gasteiger charge is 2.01. The number of ether oxygens (including phenoxy) is 1. The average molecular weight is 344 g/mol. The molecule has 4 nitrogen and oxygen atoms in total. The second kappa shape index (κ2) is 6.10. The van der Waals surface area contributed by atoms with E-state index in [0.717, 1.165) is 26.9 Å². The maximum atomic E-state index is 5.14. The number of halogens is 1. The lowest BCUT2D eigenvalue weighted by atomic mass is 10.2. The van der Waals surface area contributed by atoms with Gasteiger partial charge in [0.15, 0.2) is 0 Å². The molecule has 3 rings (SSSR count). The van der Waals surface area contributed by atoms with Crippen LogP contribution in [0.4, 0.5) is 5.82 Å². The molecule has 0 aliphatic carbocycles. The van der Waals surface area contributed by atoms with Gasteiger partial charge in [0.1, 0.15) is 11.6 Å². The van der Waals surface area contributed by atoms with Crippen molar-refractivity contribution in [2.45, 2.75) is 6.54 Å². The fourth-order valence-corrected chi connectivity index (χ4v) is 2.38. The molecule has 0 saturated carbocycles. The number of aromatic nitrogens is 2. The van der Waals surface area contributed by atoms with Gasteiger partial charge in [-0.2, -0.15) is 0 Å². The van der Waals surface area contributed by atoms with Gasteiger partial charge in [0.25, 0.3) is 0 Å². The Labute approximate surface area is 131 Å². The number of nitrogens with one attached hydrogen (secondary N) is 1. The van der Waals surface area contributed by atoms with Crippen LogP contribution in [0, 0.1) is 0 Å². The number of benzene rings is 1. The van der Waals surface area contributed by atoms with Gasteiger partial charge < -0.3 is 10.1 Å². The third kappa shape index (κ3) is 3.31. The Bertz CT molecular complexity index is 759. The summed E-state index contributed by atoms with van der Waals surface area (Å²) < 4.78 is 6.10. The molecule has 0 radical (unpaired) electrons. The number of fused-ring (bicyclic) bond motifs is 1. The van der Waals surface area contributed by atoms with Crippen molar-refractivity contribution in [3.63, 3.8) is 0 Å². The van der Waals surface area contributed by atoms with E-state index >= 15 is 0 Å². The van der Waals surface area contributed by atoms with Crippen LogP contribution in [0.25, 0.3) is 10.9 Å². The van der Waals surface area contributed by atoms with Gasteiger partial charge in [-0.3, -0.25) is 4.98 Å². The molecule has 0 amide bonds. The lowest BCUT2D eigenvalue weighted by Crippen LogP contribution is -2.01. The predicted molar refractivity (Wildman–Crippen MR) is 87.6 cm³/mol. The van der Waals surface area contributed by atoms with E-state index in [4.69, 9.17) is 4.74 Å². The fourth-order valence-electron chi connectivity index (χ4n) is 2.03. The van der Waals surface area contributed by atoms with Gasteiger partial charge in [-0.05, 0) is 39.7 Å². The zero-order valence-electron chi connectivity index (χ0n) is 11.5. The Morgan fingerprint density at radius 2 is 1.90 bits per heavy atom. The number of anilines is 1. The molecule has 3 aromatic rings. The maximum Gasteiger partial charge on any atom is 0.128 e. The van der Waals surface area contributed by atoms with Crippen molar-refractivity contribution in [3.8, 4) is 5.75 Å². The molecule has 0 atom stereocenters. The summed E-state index contributed by atoms with van der Waals surface area (Å²) in [6.07, 6.45) is 3.61. The summed E-state index contributed by atoms with van der Waals surface area (Å²) in [4.78, 5) is 8.78. The lowest BCUT2D eigenvalue weighted by Gasteiger charge is -2.07. The van der Waals surface area contributed by atoms with Crippen LogP contribution in [0.15, 0.2) is 53.3 Å². The molecule has 0 unspecified atom stereocenters. The smallest absolute Gasteiger partial charge is 0.128 e. The third-order valence-electron chi connectivity index (χ3n) is 3.16. The van der Waals surface area contributed by atoms with Gasteiger partial charge in [0.2, 0.25) is 0 Å². The number of methoxy groups -OCH3 is 1. The molecule has 0 fully saturated rings. The number of hydrogen-bond donors (Lipinski definition) is 1. The van der Waals surface area contributed by atoms with Crippen LogP contribution in [-0.2, 0) is 6.54 Å². The van der Waals surface area contributed by atoms with Gasteiger partial charge >= 0.3 is 0 Å². The first-order valence-corrected chi connectivity index (χ1v) is 7.32. The fraction of sp³-hybridized carbons (Fsp3) is 0.125. The van der Waals surface area contributed by atoms with Crippen molar-refractivity contribution in [2.75, 3.05) is 12.4 Å². The van der Waals surface area contributed by atoms with Gasteiger partial charge in [-0.1, -0.05) is 12.1 Å². The Hall–Kier alpha value is -2.14. The van der Waals surface area contributed by atoms with Crippen molar-refractivity contribution in [1.29, 1.82) is 0 Å². The molecule has 21 heavy (non-hydrogen) atoms. The second-order valence-electron chi connectivity index (χ2n) is 4.62. The van der Waals surface area contributed by atoms with Crippen molar-refractivity contribution in [1.82, 2.24) is 9.97 Å². The predicted octanol–water partition coefficient (Wildman–Crippen LogP) is 4.01. The first kappa shape index (κ1) is 13.8. The summed E-state index contributed by atoms with van der Waals surface area (Å²) in [6.45, 7) is 0.707. The van der Waals surface area contributed by atoms with Crippen LogP contribution >= 0.6 is 15.9 Å². The van der Waals surface area contributed by atoms with Crippen molar-refractivity contribution in [3.05, 3.63) is 58.8 Å². The summed E-state index contributed by atoms with van der Waals surface area (Å²) in [5, 5.41) is 4.31. The van der Waals surface area contributed by atoms with Crippen molar-refractivity contribution < 1.29 is 4.74 Å². The summed E-state index contributed by atoms with van der Waals surface area (Å²) in [5.41, 5.74) is 2.09. The largest absolute Gasteiger partial charge is 0.497 e. The van der Waals surface area contributed by atoms with Crippen LogP contribution < -0.4 is 10.1 Å². The monoisotopic (exact) mass is 343 g/mol. The molecular weight excluding hydrogens is 330 g/mol. The van der Waals surface area contributed by atoms with E-state index in [1.807, 2.05) is 42.6 Å². The number of hydrogen-bond acceptors (Lipinski definition) is 4. The lowest BCUT2D eigenvalue weighted by molar-refractivity contribution is 0.414. The first-order valence-electron chi connectivity index (χ1n) is 6.53. The third-order valence-corrected chi connectivity index (χ3v) is 3.60. The molecule has 106 valence electrons. The van der Waals surface area contributed by atoms with Crippen LogP contribution in [0.5, 0.6) is 5.75 Å². The molecule has 0 saturated heterocycles. The van der Waals surface area contributed by atoms with E-state index in [2.05, 4.69) is 31.2 Å². The molecular formula is C16H14BrN3O. The summed E-state index contributed by atoms with van der Waals surface area (Å²) in [5.74, 6) is 1.67. The molecule has 0 aliphatic rings. The molecule has 1 aromatic carbocycles. The van der Waals surface area contributed by atoms with Gasteiger partial charge in [0.05, 0.1) is 12.6 Å². The highest BCUT2D eigenvalue weighted by atomic mass is 79.9. The molecule has 0 spiro atoms. The van der Waals surface area contributed by atoms with E-state index in [0.29, 0.717) is 6.54 Å². The Balaban J connectivity index is 1.73. The van der Waals surface area contributed by atoms with Gasteiger partial charge in [-0.15, -0.1) is 0 Å². The van der Waals surface area contributed by atoms with Crippen molar-refractivity contribution >= 4 is 32.7 Å². The standard InChI is InChI=1S/C16H14BrN3O/c1-21-14-4-2-11(3-5-14)8-19-16-7-15-12(9-20-16)6-13(17)10-18-15/h2-7,9-10H,8H2,1H3,(H,19,20). The van der Waals surface area contributed by atoms with E-state index < -0.39 is 0 Å². The van der Waals surface area contributed by atoms with Crippen molar-refractivity contribution in [2.24, 2.45) is 0 Å². The minimum Gasteiger partial charge on any atom is -0.497 e. The minimum atomic E-state index is 0.707. The normalized spacial score (nSPS) is 10.6. The number of pyridine rings is 2. The molecule has 1 N–H and O–H groups in total.